The van der Waals surface area contributed by atoms with E-state index in [1.165, 1.54) is 4.90 Å². The van der Waals surface area contributed by atoms with E-state index in [4.69, 9.17) is 0 Å². The second-order valence-electron chi connectivity index (χ2n) is 4.19. The molecule has 0 radical (unpaired) electrons. The summed E-state index contributed by atoms with van der Waals surface area (Å²) in [7, 11) is 0. The van der Waals surface area contributed by atoms with Gasteiger partial charge in [0.15, 0.2) is 0 Å². The van der Waals surface area contributed by atoms with E-state index in [1.807, 2.05) is 18.2 Å². The quantitative estimate of drug-likeness (QED) is 0.485. The van der Waals surface area contributed by atoms with Crippen molar-refractivity contribution in [2.45, 2.75) is 18.9 Å². The minimum absolute atomic E-state index is 0.151. The van der Waals surface area contributed by atoms with Crippen LogP contribution < -0.4 is 10.2 Å². The largest absolute Gasteiger partial charge is 0.305 e. The van der Waals surface area contributed by atoms with Gasteiger partial charge in [-0.1, -0.05) is 24.3 Å². The first-order valence-corrected chi connectivity index (χ1v) is 6.00. The molecule has 1 atom stereocenters. The summed E-state index contributed by atoms with van der Waals surface area (Å²) in [5.41, 5.74) is 0.639. The van der Waals surface area contributed by atoms with Crippen molar-refractivity contribution in [3.05, 3.63) is 43.0 Å². The molecule has 0 spiro atoms. The summed E-state index contributed by atoms with van der Waals surface area (Å²) >= 11 is 0. The van der Waals surface area contributed by atoms with Crippen LogP contribution in [-0.2, 0) is 9.59 Å². The van der Waals surface area contributed by atoms with Crippen LogP contribution in [0.2, 0.25) is 0 Å². The minimum Gasteiger partial charge on any atom is -0.305 e. The molecule has 1 unspecified atom stereocenters. The third kappa shape index (κ3) is 2.49. The van der Waals surface area contributed by atoms with Crippen LogP contribution in [-0.4, -0.2) is 24.4 Å². The Labute approximate surface area is 106 Å². The molecule has 4 nitrogen and oxygen atoms in total. The molecule has 1 aliphatic heterocycles. The molecule has 4 heteroatoms. The maximum absolute atomic E-state index is 12.1. The predicted octanol–water partition coefficient (Wildman–Crippen LogP) is 1.48. The molecule has 0 bridgehead atoms. The van der Waals surface area contributed by atoms with E-state index in [-0.39, 0.29) is 18.2 Å². The highest BCUT2D eigenvalue weighted by molar-refractivity contribution is 6.22. The number of hydrogen-bond donors (Lipinski definition) is 1. The van der Waals surface area contributed by atoms with Crippen molar-refractivity contribution in [1.29, 1.82) is 0 Å². The highest BCUT2D eigenvalue weighted by Crippen LogP contribution is 2.22. The Bertz CT molecular complexity index is 456. The average molecular weight is 244 g/mol. The van der Waals surface area contributed by atoms with Gasteiger partial charge in [0, 0.05) is 0 Å². The molecular weight excluding hydrogens is 228 g/mol. The Kier molecular flexibility index (Phi) is 3.89. The molecule has 0 aromatic heterocycles. The summed E-state index contributed by atoms with van der Waals surface area (Å²) in [6.07, 6.45) is 2.79. The van der Waals surface area contributed by atoms with Gasteiger partial charge in [-0.25, -0.2) is 4.90 Å². The normalized spacial score (nSPS) is 19.3. The zero-order valence-electron chi connectivity index (χ0n) is 10.1. The summed E-state index contributed by atoms with van der Waals surface area (Å²) in [5, 5.41) is 3.08. The minimum atomic E-state index is -0.405. The molecule has 1 heterocycles. The predicted molar refractivity (Wildman–Crippen MR) is 70.2 cm³/mol. The first-order valence-electron chi connectivity index (χ1n) is 6.00. The molecule has 1 aromatic rings. The zero-order chi connectivity index (χ0) is 13.0. The van der Waals surface area contributed by atoms with E-state index in [0.29, 0.717) is 12.2 Å². The topological polar surface area (TPSA) is 49.4 Å². The number of rotatable bonds is 5. The molecule has 0 aliphatic carbocycles. The average Bonchev–Trinajstić information content (AvgIpc) is 2.66. The lowest BCUT2D eigenvalue weighted by atomic mass is 10.2. The maximum atomic E-state index is 12.1. The van der Waals surface area contributed by atoms with E-state index in [0.717, 1.165) is 6.42 Å². The SMILES string of the molecule is C=CCCNC1CC(=O)N(c2ccccc2)C1=O. The van der Waals surface area contributed by atoms with Crippen LogP contribution in [0.15, 0.2) is 43.0 Å². The number of imide groups is 1. The molecule has 18 heavy (non-hydrogen) atoms. The summed E-state index contributed by atoms with van der Waals surface area (Å²) in [5.74, 6) is -0.322. The van der Waals surface area contributed by atoms with Gasteiger partial charge in [0.25, 0.3) is 5.91 Å². The van der Waals surface area contributed by atoms with Crippen LogP contribution in [0.5, 0.6) is 0 Å². The highest BCUT2D eigenvalue weighted by Gasteiger charge is 2.38. The van der Waals surface area contributed by atoms with Gasteiger partial charge in [-0.3, -0.25) is 9.59 Å². The third-order valence-corrected chi connectivity index (χ3v) is 2.90. The van der Waals surface area contributed by atoms with Crippen LogP contribution in [0.4, 0.5) is 5.69 Å². The third-order valence-electron chi connectivity index (χ3n) is 2.90. The van der Waals surface area contributed by atoms with Crippen molar-refractivity contribution in [2.75, 3.05) is 11.4 Å². The van der Waals surface area contributed by atoms with Gasteiger partial charge in [0.05, 0.1) is 18.2 Å². The molecule has 1 aromatic carbocycles. The van der Waals surface area contributed by atoms with Gasteiger partial charge < -0.3 is 5.32 Å². The van der Waals surface area contributed by atoms with Crippen LogP contribution in [0.1, 0.15) is 12.8 Å². The standard InChI is InChI=1S/C14H16N2O2/c1-2-3-9-15-12-10-13(17)16(14(12)18)11-7-5-4-6-8-11/h2,4-8,12,15H,1,3,9-10H2. The number of anilines is 1. The molecule has 1 fully saturated rings. The van der Waals surface area contributed by atoms with E-state index >= 15 is 0 Å². The smallest absolute Gasteiger partial charge is 0.251 e. The lowest BCUT2D eigenvalue weighted by Gasteiger charge is -2.15. The molecule has 2 amide bonds. The lowest BCUT2D eigenvalue weighted by Crippen LogP contribution is -2.39. The van der Waals surface area contributed by atoms with E-state index in [9.17, 15) is 9.59 Å². The van der Waals surface area contributed by atoms with Crippen LogP contribution in [0, 0.1) is 0 Å². The number of nitrogens with one attached hydrogen (secondary N) is 1. The fourth-order valence-corrected chi connectivity index (χ4v) is 2.00. The molecule has 0 saturated carbocycles. The maximum Gasteiger partial charge on any atom is 0.251 e. The van der Waals surface area contributed by atoms with Gasteiger partial charge in [-0.15, -0.1) is 6.58 Å². The van der Waals surface area contributed by atoms with Gasteiger partial charge in [-0.2, -0.15) is 0 Å². The summed E-state index contributed by atoms with van der Waals surface area (Å²) in [4.78, 5) is 25.3. The molecule has 1 N–H and O–H groups in total. The number of para-hydroxylation sites is 1. The number of hydrogen-bond acceptors (Lipinski definition) is 3. The molecule has 2 rings (SSSR count). The second kappa shape index (κ2) is 5.60. The van der Waals surface area contributed by atoms with Crippen LogP contribution in [0.25, 0.3) is 0 Å². The highest BCUT2D eigenvalue weighted by atomic mass is 16.2. The molecular formula is C14H16N2O2. The van der Waals surface area contributed by atoms with Gasteiger partial charge in [-0.05, 0) is 25.1 Å². The summed E-state index contributed by atoms with van der Waals surface area (Å²) in [6.45, 7) is 4.28. The number of benzene rings is 1. The fourth-order valence-electron chi connectivity index (χ4n) is 2.00. The van der Waals surface area contributed by atoms with E-state index < -0.39 is 6.04 Å². The van der Waals surface area contributed by atoms with E-state index in [1.54, 1.807) is 18.2 Å². The Morgan fingerprint density at radius 2 is 2.06 bits per heavy atom. The number of nitrogens with zero attached hydrogens (tertiary/aromatic N) is 1. The number of amides is 2. The second-order valence-corrected chi connectivity index (χ2v) is 4.19. The van der Waals surface area contributed by atoms with Crippen molar-refractivity contribution in [2.24, 2.45) is 0 Å². The van der Waals surface area contributed by atoms with Gasteiger partial charge >= 0.3 is 0 Å². The monoisotopic (exact) mass is 244 g/mol. The van der Waals surface area contributed by atoms with Crippen molar-refractivity contribution in [1.82, 2.24) is 5.32 Å². The van der Waals surface area contributed by atoms with Crippen LogP contribution >= 0.6 is 0 Å². The van der Waals surface area contributed by atoms with Gasteiger partial charge in [0.1, 0.15) is 0 Å². The number of carbonyl (C=O) groups excluding carboxylic acids is 2. The van der Waals surface area contributed by atoms with E-state index in [2.05, 4.69) is 11.9 Å². The molecule has 1 aliphatic rings. The Morgan fingerprint density at radius 1 is 1.33 bits per heavy atom. The van der Waals surface area contributed by atoms with Crippen molar-refractivity contribution in [3.63, 3.8) is 0 Å². The Balaban J connectivity index is 2.08. The summed E-state index contributed by atoms with van der Waals surface area (Å²) < 4.78 is 0. The van der Waals surface area contributed by atoms with Crippen LogP contribution in [0.3, 0.4) is 0 Å². The molecule has 94 valence electrons. The van der Waals surface area contributed by atoms with Crippen molar-refractivity contribution in [3.8, 4) is 0 Å². The first-order chi connectivity index (χ1) is 8.74. The fraction of sp³-hybridized carbons (Fsp3) is 0.286. The van der Waals surface area contributed by atoms with Crippen molar-refractivity contribution >= 4 is 17.5 Å². The zero-order valence-corrected chi connectivity index (χ0v) is 10.1. The number of carbonyl (C=O) groups is 2. The lowest BCUT2D eigenvalue weighted by molar-refractivity contribution is -0.121. The Morgan fingerprint density at radius 3 is 2.72 bits per heavy atom. The first kappa shape index (κ1) is 12.5. The summed E-state index contributed by atoms with van der Waals surface area (Å²) in [6, 6.07) is 8.61. The van der Waals surface area contributed by atoms with Crippen molar-refractivity contribution < 1.29 is 9.59 Å². The Hall–Kier alpha value is -1.94. The molecule has 1 saturated heterocycles. The van der Waals surface area contributed by atoms with Gasteiger partial charge in [0.2, 0.25) is 5.91 Å².